The number of carbonyl (C=O) groups excluding carboxylic acids is 2. The lowest BCUT2D eigenvalue weighted by Crippen LogP contribution is -2.53. The fraction of sp³-hybridized carbons (Fsp3) is 0.548. The Labute approximate surface area is 242 Å². The Kier molecular flexibility index (Phi) is 8.28. The van der Waals surface area contributed by atoms with E-state index in [0.717, 1.165) is 18.9 Å². The molecule has 3 aliphatic rings. The van der Waals surface area contributed by atoms with E-state index in [-0.39, 0.29) is 49.4 Å². The number of aliphatic hydroxyl groups excluding tert-OH is 1. The maximum absolute atomic E-state index is 15.1. The largest absolute Gasteiger partial charge is 0.493 e. The van der Waals surface area contributed by atoms with Crippen LogP contribution in [0.5, 0.6) is 5.75 Å². The van der Waals surface area contributed by atoms with E-state index in [4.69, 9.17) is 10.5 Å². The quantitative estimate of drug-likeness (QED) is 0.432. The van der Waals surface area contributed by atoms with E-state index in [2.05, 4.69) is 0 Å². The number of amides is 2. The van der Waals surface area contributed by atoms with Gasteiger partial charge in [0.05, 0.1) is 18.1 Å². The Morgan fingerprint density at radius 2 is 1.76 bits per heavy atom. The smallest absolute Gasteiger partial charge is 0.395 e. The predicted molar refractivity (Wildman–Crippen MR) is 148 cm³/mol. The van der Waals surface area contributed by atoms with E-state index >= 15 is 4.39 Å². The first-order valence-electron chi connectivity index (χ1n) is 14.4. The molecular weight excluding hydrogens is 554 g/mol. The molecule has 11 heteroatoms. The monoisotopic (exact) mass is 591 g/mol. The lowest BCUT2D eigenvalue weighted by molar-refractivity contribution is -0.256. The fourth-order valence-electron chi connectivity index (χ4n) is 6.44. The molecule has 3 N–H and O–H groups in total. The van der Waals surface area contributed by atoms with Crippen molar-refractivity contribution >= 4 is 11.8 Å². The topological polar surface area (TPSA) is 96.1 Å². The number of nitrogens with zero attached hydrogens (tertiary/aromatic N) is 2. The van der Waals surface area contributed by atoms with Gasteiger partial charge in [0.1, 0.15) is 17.1 Å². The average Bonchev–Trinajstić information content (AvgIpc) is 3.24. The summed E-state index contributed by atoms with van der Waals surface area (Å²) < 4.78 is 61.6. The SMILES string of the molecule is C[C@@]1(C(N)=O)C[C@@H](O)CN1C(=O)c1ccc(-c2ccc(OCC3CCN(CC4(C(F)(F)F)CCC4)CC3)cc2)c(F)c1. The van der Waals surface area contributed by atoms with Gasteiger partial charge in [-0.15, -0.1) is 0 Å². The second kappa shape index (κ2) is 11.5. The van der Waals surface area contributed by atoms with Crippen molar-refractivity contribution < 1.29 is 37.0 Å². The Hall–Kier alpha value is -3.18. The van der Waals surface area contributed by atoms with Gasteiger partial charge in [0, 0.05) is 30.6 Å². The highest BCUT2D eigenvalue weighted by atomic mass is 19.4. The van der Waals surface area contributed by atoms with Crippen LogP contribution in [0.4, 0.5) is 17.6 Å². The highest BCUT2D eigenvalue weighted by Gasteiger charge is 2.58. The number of β-amino-alcohol motifs (C(OH)–C–C–N with tert-alkyl or cyclic N) is 1. The number of hydrogen-bond acceptors (Lipinski definition) is 5. The fourth-order valence-corrected chi connectivity index (χ4v) is 6.44. The third-order valence-corrected chi connectivity index (χ3v) is 9.41. The highest BCUT2D eigenvalue weighted by Crippen LogP contribution is 2.53. The third-order valence-electron chi connectivity index (χ3n) is 9.41. The molecule has 228 valence electrons. The first-order chi connectivity index (χ1) is 19.8. The molecule has 1 saturated carbocycles. The first kappa shape index (κ1) is 30.3. The van der Waals surface area contributed by atoms with Gasteiger partial charge in [0.15, 0.2) is 0 Å². The summed E-state index contributed by atoms with van der Waals surface area (Å²) in [4.78, 5) is 28.2. The van der Waals surface area contributed by atoms with Crippen molar-refractivity contribution in [1.29, 1.82) is 0 Å². The van der Waals surface area contributed by atoms with Gasteiger partial charge < -0.3 is 25.4 Å². The summed E-state index contributed by atoms with van der Waals surface area (Å²) in [6, 6.07) is 11.0. The number of ether oxygens (including phenoxy) is 1. The molecule has 42 heavy (non-hydrogen) atoms. The number of rotatable bonds is 8. The van der Waals surface area contributed by atoms with Gasteiger partial charge in [-0.1, -0.05) is 24.6 Å². The molecule has 5 rings (SSSR count). The molecule has 2 aromatic carbocycles. The Morgan fingerprint density at radius 1 is 1.10 bits per heavy atom. The molecule has 0 spiro atoms. The first-order valence-corrected chi connectivity index (χ1v) is 14.4. The number of hydrogen-bond donors (Lipinski definition) is 2. The van der Waals surface area contributed by atoms with Crippen molar-refractivity contribution in [1.82, 2.24) is 9.80 Å². The van der Waals surface area contributed by atoms with Gasteiger partial charge in [-0.05, 0) is 81.4 Å². The van der Waals surface area contributed by atoms with Gasteiger partial charge in [0.2, 0.25) is 5.91 Å². The number of carbonyl (C=O) groups is 2. The molecule has 2 saturated heterocycles. The van der Waals surface area contributed by atoms with Crippen LogP contribution in [-0.4, -0.2) is 77.3 Å². The van der Waals surface area contributed by atoms with Crippen LogP contribution in [0.25, 0.3) is 11.1 Å². The molecule has 2 aromatic rings. The number of halogens is 4. The average molecular weight is 592 g/mol. The number of piperidine rings is 1. The molecule has 0 aromatic heterocycles. The van der Waals surface area contributed by atoms with Crippen LogP contribution in [0.15, 0.2) is 42.5 Å². The van der Waals surface area contributed by atoms with E-state index in [1.807, 2.05) is 4.90 Å². The van der Waals surface area contributed by atoms with E-state index < -0.39 is 40.9 Å². The van der Waals surface area contributed by atoms with Gasteiger partial charge in [0.25, 0.3) is 5.91 Å². The van der Waals surface area contributed by atoms with Crippen molar-refractivity contribution in [2.45, 2.75) is 63.3 Å². The zero-order valence-electron chi connectivity index (χ0n) is 23.6. The number of aliphatic hydroxyl groups is 1. The Morgan fingerprint density at radius 3 is 2.31 bits per heavy atom. The van der Waals surface area contributed by atoms with E-state index in [0.29, 0.717) is 37.4 Å². The van der Waals surface area contributed by atoms with Crippen LogP contribution in [0.2, 0.25) is 0 Å². The molecule has 1 aliphatic carbocycles. The van der Waals surface area contributed by atoms with Crippen LogP contribution in [0.1, 0.15) is 55.8 Å². The zero-order chi connectivity index (χ0) is 30.3. The van der Waals surface area contributed by atoms with Crippen molar-refractivity contribution in [3.63, 3.8) is 0 Å². The second-order valence-electron chi connectivity index (χ2n) is 12.3. The molecule has 7 nitrogen and oxygen atoms in total. The molecule has 3 fully saturated rings. The minimum atomic E-state index is -4.15. The summed E-state index contributed by atoms with van der Waals surface area (Å²) in [6.07, 6.45) is -2.38. The number of likely N-dealkylation sites (tertiary alicyclic amines) is 2. The molecule has 2 aliphatic heterocycles. The van der Waals surface area contributed by atoms with Crippen LogP contribution in [0, 0.1) is 17.2 Å². The second-order valence-corrected chi connectivity index (χ2v) is 12.3. The number of nitrogens with two attached hydrogens (primary N) is 1. The molecule has 0 bridgehead atoms. The summed E-state index contributed by atoms with van der Waals surface area (Å²) in [5.74, 6) is -1.08. The Balaban J connectivity index is 1.14. The summed E-state index contributed by atoms with van der Waals surface area (Å²) in [7, 11) is 0. The van der Waals surface area contributed by atoms with Crippen molar-refractivity contribution in [2.75, 3.05) is 32.8 Å². The number of benzene rings is 2. The molecule has 0 unspecified atom stereocenters. The zero-order valence-corrected chi connectivity index (χ0v) is 23.6. The van der Waals surface area contributed by atoms with E-state index in [9.17, 15) is 27.9 Å². The number of primary amides is 1. The molecular formula is C31H37F4N3O4. The molecule has 2 atom stereocenters. The molecule has 0 radical (unpaired) electrons. The molecule has 2 amide bonds. The van der Waals surface area contributed by atoms with Crippen LogP contribution in [-0.2, 0) is 4.79 Å². The third kappa shape index (κ3) is 5.86. The minimum absolute atomic E-state index is 0.0187. The van der Waals surface area contributed by atoms with Gasteiger partial charge in [-0.25, -0.2) is 4.39 Å². The summed E-state index contributed by atoms with van der Waals surface area (Å²) in [5.41, 5.74) is 3.52. The molecule has 2 heterocycles. The van der Waals surface area contributed by atoms with Gasteiger partial charge in [-0.3, -0.25) is 9.59 Å². The highest BCUT2D eigenvalue weighted by molar-refractivity contribution is 5.99. The van der Waals surface area contributed by atoms with Gasteiger partial charge >= 0.3 is 6.18 Å². The lowest BCUT2D eigenvalue weighted by Gasteiger charge is -2.47. The van der Waals surface area contributed by atoms with E-state index in [1.165, 1.54) is 24.0 Å². The maximum atomic E-state index is 15.1. The number of alkyl halides is 3. The Bertz CT molecular complexity index is 1310. The van der Waals surface area contributed by atoms with Crippen molar-refractivity contribution in [3.05, 3.63) is 53.8 Å². The van der Waals surface area contributed by atoms with Crippen LogP contribution < -0.4 is 10.5 Å². The lowest BCUT2D eigenvalue weighted by atomic mass is 9.67. The standard InChI is InChI=1S/C31H37F4N3O4/c1-29(28(36)41)16-23(39)17-38(29)27(40)22-5-8-25(26(32)15-22)21-3-6-24(7-4-21)42-18-20-9-13-37(14-10-20)19-30(11-2-12-30)31(33,34)35/h3-8,15,20,23,39H,2,9-14,16-19H2,1H3,(H2,36,41)/t23-,29+/m1/s1. The maximum Gasteiger partial charge on any atom is 0.395 e. The predicted octanol–water partition coefficient (Wildman–Crippen LogP) is 4.77. The summed E-state index contributed by atoms with van der Waals surface area (Å²) >= 11 is 0. The summed E-state index contributed by atoms with van der Waals surface area (Å²) in [6.45, 7) is 3.22. The van der Waals surface area contributed by atoms with Crippen molar-refractivity contribution in [2.24, 2.45) is 17.1 Å². The van der Waals surface area contributed by atoms with E-state index in [1.54, 1.807) is 24.3 Å². The van der Waals surface area contributed by atoms with Crippen LogP contribution in [0.3, 0.4) is 0 Å². The summed E-state index contributed by atoms with van der Waals surface area (Å²) in [5, 5.41) is 10.0. The minimum Gasteiger partial charge on any atom is -0.493 e. The van der Waals surface area contributed by atoms with Gasteiger partial charge in [-0.2, -0.15) is 13.2 Å². The normalized spacial score (nSPS) is 24.8. The van der Waals surface area contributed by atoms with Crippen LogP contribution >= 0.6 is 0 Å². The van der Waals surface area contributed by atoms with Crippen molar-refractivity contribution in [3.8, 4) is 16.9 Å².